The van der Waals surface area contributed by atoms with Gasteiger partial charge in [0.05, 0.1) is 5.02 Å². The van der Waals surface area contributed by atoms with Gasteiger partial charge in [-0.05, 0) is 18.2 Å². The molecule has 0 amide bonds. The molecule has 0 fully saturated rings. The second kappa shape index (κ2) is 4.93. The molecular weight excluding hydrogens is 321 g/mol. The lowest BCUT2D eigenvalue weighted by molar-refractivity contribution is 0.590. The van der Waals surface area contributed by atoms with Crippen molar-refractivity contribution < 1.29 is 12.8 Å². The number of rotatable bonds is 3. The third kappa shape index (κ3) is 2.52. The second-order valence-electron chi connectivity index (χ2n) is 3.96. The lowest BCUT2D eigenvalue weighted by Crippen LogP contribution is -2.16. The molecule has 108 valence electrons. The maximum Gasteiger partial charge on any atom is 0.299 e. The van der Waals surface area contributed by atoms with Crippen LogP contribution in [0.25, 0.3) is 5.78 Å². The van der Waals surface area contributed by atoms with E-state index in [0.717, 1.165) is 6.07 Å². The van der Waals surface area contributed by atoms with Crippen LogP contribution < -0.4 is 4.72 Å². The number of nitrogens with one attached hydrogen (secondary N) is 1. The Morgan fingerprint density at radius 3 is 2.81 bits per heavy atom. The number of fused-ring (bicyclic) bond motifs is 1. The van der Waals surface area contributed by atoms with Gasteiger partial charge in [-0.15, -0.1) is 5.10 Å². The standard InChI is InChI=1S/C11H7ClFN5O2S/c12-7-3-1-4-8(13)9(7)17-21(19,20)11-15-10-14-5-2-6-18(10)16-11/h1-6,17H. The van der Waals surface area contributed by atoms with Crippen LogP contribution in [0.4, 0.5) is 10.1 Å². The molecule has 0 spiro atoms. The summed E-state index contributed by atoms with van der Waals surface area (Å²) in [5, 5.41) is 3.17. The van der Waals surface area contributed by atoms with Crippen LogP contribution in [-0.4, -0.2) is 28.0 Å². The molecule has 3 aromatic rings. The molecule has 0 aliphatic rings. The minimum Gasteiger partial charge on any atom is -0.272 e. The molecule has 0 saturated carbocycles. The molecular formula is C11H7ClFN5O2S. The predicted molar refractivity (Wildman–Crippen MR) is 73.0 cm³/mol. The molecule has 0 bridgehead atoms. The van der Waals surface area contributed by atoms with Crippen LogP contribution in [0.2, 0.25) is 5.02 Å². The SMILES string of the molecule is O=S(=O)(Nc1c(F)cccc1Cl)c1nc2ncccn2n1. The number of anilines is 1. The largest absolute Gasteiger partial charge is 0.299 e. The Balaban J connectivity index is 2.04. The van der Waals surface area contributed by atoms with Crippen molar-refractivity contribution in [2.75, 3.05) is 4.72 Å². The summed E-state index contributed by atoms with van der Waals surface area (Å²) >= 11 is 5.78. The predicted octanol–water partition coefficient (Wildman–Crippen LogP) is 1.72. The monoisotopic (exact) mass is 327 g/mol. The number of sulfonamides is 1. The molecule has 10 heteroatoms. The zero-order valence-corrected chi connectivity index (χ0v) is 11.8. The summed E-state index contributed by atoms with van der Waals surface area (Å²) in [6, 6.07) is 5.38. The van der Waals surface area contributed by atoms with Gasteiger partial charge in [0.25, 0.3) is 21.0 Å². The highest BCUT2D eigenvalue weighted by atomic mass is 35.5. The zero-order chi connectivity index (χ0) is 15.0. The molecule has 0 aliphatic carbocycles. The normalized spacial score (nSPS) is 11.7. The topological polar surface area (TPSA) is 89.2 Å². The molecule has 1 aromatic carbocycles. The van der Waals surface area contributed by atoms with Crippen molar-refractivity contribution in [2.45, 2.75) is 5.16 Å². The van der Waals surface area contributed by atoms with E-state index in [-0.39, 0.29) is 16.5 Å². The first kappa shape index (κ1) is 13.7. The van der Waals surface area contributed by atoms with E-state index in [1.165, 1.54) is 29.0 Å². The van der Waals surface area contributed by atoms with E-state index in [1.54, 1.807) is 6.07 Å². The number of para-hydroxylation sites is 1. The Labute approximate surface area is 123 Å². The lowest BCUT2D eigenvalue weighted by Gasteiger charge is -2.07. The molecule has 0 aliphatic heterocycles. The molecule has 7 nitrogen and oxygen atoms in total. The van der Waals surface area contributed by atoms with Crippen LogP contribution in [0.5, 0.6) is 0 Å². The third-order valence-electron chi connectivity index (χ3n) is 2.54. The summed E-state index contributed by atoms with van der Waals surface area (Å²) < 4.78 is 41.2. The average Bonchev–Trinajstić information content (AvgIpc) is 2.88. The second-order valence-corrected chi connectivity index (χ2v) is 5.94. The van der Waals surface area contributed by atoms with E-state index >= 15 is 0 Å². The summed E-state index contributed by atoms with van der Waals surface area (Å²) in [4.78, 5) is 7.62. The van der Waals surface area contributed by atoms with E-state index in [1.807, 2.05) is 4.72 Å². The summed E-state index contributed by atoms with van der Waals surface area (Å²) in [6.45, 7) is 0. The van der Waals surface area contributed by atoms with Crippen LogP contribution in [0, 0.1) is 5.82 Å². The maximum absolute atomic E-state index is 13.6. The van der Waals surface area contributed by atoms with Gasteiger partial charge in [0.2, 0.25) is 0 Å². The Hall–Kier alpha value is -2.26. The minimum atomic E-state index is -4.18. The number of aromatic nitrogens is 4. The number of halogens is 2. The number of nitrogens with zero attached hydrogens (tertiary/aromatic N) is 4. The van der Waals surface area contributed by atoms with Crippen LogP contribution in [-0.2, 0) is 10.0 Å². The highest BCUT2D eigenvalue weighted by Crippen LogP contribution is 2.26. The van der Waals surface area contributed by atoms with Gasteiger partial charge in [-0.25, -0.2) is 13.9 Å². The van der Waals surface area contributed by atoms with Gasteiger partial charge in [0.15, 0.2) is 0 Å². The highest BCUT2D eigenvalue weighted by molar-refractivity contribution is 7.92. The van der Waals surface area contributed by atoms with E-state index in [4.69, 9.17) is 11.6 Å². The summed E-state index contributed by atoms with van der Waals surface area (Å²) in [7, 11) is -4.18. The van der Waals surface area contributed by atoms with Crippen molar-refractivity contribution in [3.05, 3.63) is 47.5 Å². The molecule has 0 radical (unpaired) electrons. The molecule has 3 rings (SSSR count). The fraction of sp³-hybridized carbons (Fsp3) is 0. The van der Waals surface area contributed by atoms with E-state index in [2.05, 4.69) is 15.1 Å². The van der Waals surface area contributed by atoms with Gasteiger partial charge < -0.3 is 0 Å². The average molecular weight is 328 g/mol. The molecule has 0 atom stereocenters. The first-order valence-corrected chi connectivity index (χ1v) is 7.48. The molecule has 2 aromatic heterocycles. The van der Waals surface area contributed by atoms with Crippen LogP contribution >= 0.6 is 11.6 Å². The van der Waals surface area contributed by atoms with Crippen molar-refractivity contribution in [1.82, 2.24) is 19.6 Å². The minimum absolute atomic E-state index is 0.0690. The summed E-state index contributed by atoms with van der Waals surface area (Å²) in [5.74, 6) is -0.689. The Kier molecular flexibility index (Phi) is 3.22. The molecule has 2 heterocycles. The van der Waals surface area contributed by atoms with Crippen molar-refractivity contribution >= 4 is 33.1 Å². The number of hydrogen-bond acceptors (Lipinski definition) is 5. The quantitative estimate of drug-likeness (QED) is 0.791. The van der Waals surface area contributed by atoms with E-state index in [9.17, 15) is 12.8 Å². The third-order valence-corrected chi connectivity index (χ3v) is 3.98. The molecule has 0 unspecified atom stereocenters. The van der Waals surface area contributed by atoms with Gasteiger partial charge in [-0.2, -0.15) is 13.4 Å². The summed E-state index contributed by atoms with van der Waals surface area (Å²) in [5.41, 5.74) is -0.356. The molecule has 0 saturated heterocycles. The van der Waals surface area contributed by atoms with Crippen molar-refractivity contribution in [2.24, 2.45) is 0 Å². The van der Waals surface area contributed by atoms with Crippen molar-refractivity contribution in [3.63, 3.8) is 0 Å². The van der Waals surface area contributed by atoms with Gasteiger partial charge in [-0.1, -0.05) is 17.7 Å². The van der Waals surface area contributed by atoms with Gasteiger partial charge in [-0.3, -0.25) is 4.72 Å². The van der Waals surface area contributed by atoms with Crippen LogP contribution in [0.3, 0.4) is 0 Å². The first-order valence-electron chi connectivity index (χ1n) is 5.61. The van der Waals surface area contributed by atoms with Crippen molar-refractivity contribution in [3.8, 4) is 0 Å². The van der Waals surface area contributed by atoms with E-state index in [0.29, 0.717) is 0 Å². The van der Waals surface area contributed by atoms with Crippen LogP contribution in [0.15, 0.2) is 41.8 Å². The molecule has 1 N–H and O–H groups in total. The first-order chi connectivity index (χ1) is 9.97. The van der Waals surface area contributed by atoms with Gasteiger partial charge in [0, 0.05) is 12.4 Å². The van der Waals surface area contributed by atoms with Crippen LogP contribution in [0.1, 0.15) is 0 Å². The Morgan fingerprint density at radius 2 is 2.10 bits per heavy atom. The highest BCUT2D eigenvalue weighted by Gasteiger charge is 2.23. The number of benzene rings is 1. The van der Waals surface area contributed by atoms with Gasteiger partial charge in [0.1, 0.15) is 11.5 Å². The van der Waals surface area contributed by atoms with Crippen molar-refractivity contribution in [1.29, 1.82) is 0 Å². The Morgan fingerprint density at radius 1 is 1.29 bits per heavy atom. The zero-order valence-electron chi connectivity index (χ0n) is 10.2. The fourth-order valence-electron chi connectivity index (χ4n) is 1.60. The summed E-state index contributed by atoms with van der Waals surface area (Å²) in [6.07, 6.45) is 2.94. The van der Waals surface area contributed by atoms with Gasteiger partial charge >= 0.3 is 0 Å². The Bertz CT molecular complexity index is 874. The smallest absolute Gasteiger partial charge is 0.272 e. The fourth-order valence-corrected chi connectivity index (χ4v) is 2.83. The molecule has 21 heavy (non-hydrogen) atoms. The maximum atomic E-state index is 13.6. The lowest BCUT2D eigenvalue weighted by atomic mass is 10.3. The van der Waals surface area contributed by atoms with E-state index < -0.39 is 21.0 Å². The number of hydrogen-bond donors (Lipinski definition) is 1.